The van der Waals surface area contributed by atoms with Crippen molar-refractivity contribution in [3.63, 3.8) is 0 Å². The van der Waals surface area contributed by atoms with Crippen LogP contribution >= 0.6 is 0 Å². The van der Waals surface area contributed by atoms with Crippen LogP contribution in [-0.2, 0) is 4.74 Å². The predicted octanol–water partition coefficient (Wildman–Crippen LogP) is 2.47. The van der Waals surface area contributed by atoms with Crippen LogP contribution < -0.4 is 0 Å². The van der Waals surface area contributed by atoms with Crippen LogP contribution in [0.25, 0.3) is 0 Å². The van der Waals surface area contributed by atoms with E-state index in [4.69, 9.17) is 5.11 Å². The zero-order valence-corrected chi connectivity index (χ0v) is 7.46. The highest BCUT2D eigenvalue weighted by Crippen LogP contribution is 2.05. The maximum absolute atomic E-state index is 9.87. The second kappa shape index (κ2) is 6.53. The van der Waals surface area contributed by atoms with Gasteiger partial charge in [-0.15, -0.1) is 0 Å². The Hall–Kier alpha value is -1.17. The molecule has 0 saturated carbocycles. The number of carboxylic acid groups (broad SMARTS) is 1. The summed E-state index contributed by atoms with van der Waals surface area (Å²) in [5.41, 5.74) is 0. The summed E-state index contributed by atoms with van der Waals surface area (Å²) in [5, 5.41) is 8.08. The van der Waals surface area contributed by atoms with E-state index >= 15 is 0 Å². The van der Waals surface area contributed by atoms with E-state index < -0.39 is 6.16 Å². The van der Waals surface area contributed by atoms with E-state index in [1.54, 1.807) is 0 Å². The van der Waals surface area contributed by atoms with Crippen molar-refractivity contribution in [2.75, 3.05) is 0 Å². The lowest BCUT2D eigenvalue weighted by Crippen LogP contribution is -1.94. The second-order valence-electron chi connectivity index (χ2n) is 2.66. The van der Waals surface area contributed by atoms with Crippen LogP contribution in [0.15, 0.2) is 0 Å². The molecule has 0 aromatic heterocycles. The summed E-state index contributed by atoms with van der Waals surface area (Å²) in [6.45, 7) is 4.06. The lowest BCUT2D eigenvalue weighted by atomic mass is 10.1. The molecule has 0 amide bonds. The van der Waals surface area contributed by atoms with Crippen LogP contribution in [0.3, 0.4) is 0 Å². The summed E-state index contributed by atoms with van der Waals surface area (Å²) >= 11 is 0. The molecule has 0 aromatic rings. The molecule has 1 unspecified atom stereocenters. The van der Waals surface area contributed by atoms with Crippen LogP contribution in [0.1, 0.15) is 33.1 Å². The third-order valence-electron chi connectivity index (χ3n) is 1.43. The van der Waals surface area contributed by atoms with Crippen molar-refractivity contribution in [3.05, 3.63) is 0 Å². The molecule has 3 heteroatoms. The first kappa shape index (κ1) is 10.8. The zero-order chi connectivity index (χ0) is 9.40. The Morgan fingerprint density at radius 3 is 2.83 bits per heavy atom. The third-order valence-corrected chi connectivity index (χ3v) is 1.43. The van der Waals surface area contributed by atoms with Crippen LogP contribution in [0.5, 0.6) is 0 Å². The fourth-order valence-electron chi connectivity index (χ4n) is 0.756. The Morgan fingerprint density at radius 1 is 1.67 bits per heavy atom. The maximum atomic E-state index is 9.87. The highest BCUT2D eigenvalue weighted by molar-refractivity contribution is 5.58. The van der Waals surface area contributed by atoms with Gasteiger partial charge in [0.2, 0.25) is 0 Å². The van der Waals surface area contributed by atoms with Gasteiger partial charge < -0.3 is 9.84 Å². The number of rotatable bonds is 3. The van der Waals surface area contributed by atoms with Gasteiger partial charge in [-0.2, -0.15) is 0 Å². The van der Waals surface area contributed by atoms with E-state index in [1.165, 1.54) is 0 Å². The van der Waals surface area contributed by atoms with Crippen molar-refractivity contribution in [1.29, 1.82) is 0 Å². The molecule has 0 bridgehead atoms. The molecule has 68 valence electrons. The Morgan fingerprint density at radius 2 is 2.33 bits per heavy atom. The lowest BCUT2D eigenvalue weighted by Gasteiger charge is -1.99. The van der Waals surface area contributed by atoms with Gasteiger partial charge in [-0.3, -0.25) is 0 Å². The molecule has 12 heavy (non-hydrogen) atoms. The van der Waals surface area contributed by atoms with Crippen LogP contribution in [0, 0.1) is 17.9 Å². The summed E-state index contributed by atoms with van der Waals surface area (Å²) in [6, 6.07) is 0. The Balaban J connectivity index is 3.56. The van der Waals surface area contributed by atoms with E-state index in [1.807, 2.05) is 6.92 Å². The molecule has 0 fully saturated rings. The zero-order valence-electron chi connectivity index (χ0n) is 7.46. The molecule has 0 aromatic carbocycles. The molecule has 1 atom stereocenters. The van der Waals surface area contributed by atoms with Gasteiger partial charge in [-0.25, -0.2) is 4.79 Å². The number of hydrogen-bond donors (Lipinski definition) is 1. The number of hydrogen-bond acceptors (Lipinski definition) is 2. The minimum Gasteiger partial charge on any atom is -0.449 e. The monoisotopic (exact) mass is 170 g/mol. The molecule has 0 heterocycles. The number of carbonyl (C=O) groups is 1. The van der Waals surface area contributed by atoms with Crippen LogP contribution in [0.4, 0.5) is 4.79 Å². The van der Waals surface area contributed by atoms with Crippen LogP contribution in [0.2, 0.25) is 0 Å². The van der Waals surface area contributed by atoms with E-state index in [0.29, 0.717) is 0 Å². The largest absolute Gasteiger partial charge is 0.520 e. The summed E-state index contributed by atoms with van der Waals surface area (Å²) in [5.74, 6) is 2.91. The van der Waals surface area contributed by atoms with Crippen molar-refractivity contribution in [2.24, 2.45) is 5.92 Å². The molecule has 0 spiro atoms. The molecule has 3 nitrogen and oxygen atoms in total. The van der Waals surface area contributed by atoms with Gasteiger partial charge >= 0.3 is 6.16 Å². The molecule has 0 aliphatic rings. The molecule has 1 N–H and O–H groups in total. The summed E-state index contributed by atoms with van der Waals surface area (Å²) < 4.78 is 4.05. The van der Waals surface area contributed by atoms with Gasteiger partial charge in [-0.1, -0.05) is 32.6 Å². The fourth-order valence-corrected chi connectivity index (χ4v) is 0.756. The summed E-state index contributed by atoms with van der Waals surface area (Å²) in [7, 11) is 0. The number of ether oxygens (including phenoxy) is 1. The second-order valence-corrected chi connectivity index (χ2v) is 2.66. The molecular weight excluding hydrogens is 156 g/mol. The quantitative estimate of drug-likeness (QED) is 0.522. The van der Waals surface area contributed by atoms with Gasteiger partial charge in [0.15, 0.2) is 0 Å². The first-order valence-corrected chi connectivity index (χ1v) is 4.07. The molecule has 0 aliphatic carbocycles. The third kappa shape index (κ3) is 6.94. The molecule has 0 aliphatic heterocycles. The first-order valence-electron chi connectivity index (χ1n) is 4.07. The Labute approximate surface area is 72.7 Å². The minimum absolute atomic E-state index is 0.212. The van der Waals surface area contributed by atoms with Gasteiger partial charge in [0.05, 0.1) is 0 Å². The average molecular weight is 170 g/mol. The summed E-state index contributed by atoms with van der Waals surface area (Å²) in [6.07, 6.45) is 4.04. The first-order chi connectivity index (χ1) is 5.66. The molecule has 0 rings (SSSR count). The topological polar surface area (TPSA) is 46.5 Å². The average Bonchev–Trinajstić information content (AvgIpc) is 2.00. The highest BCUT2D eigenvalue weighted by Gasteiger charge is 1.96. The standard InChI is InChI=1S/C9H14O3/c1-3-4-5-8(2)6-7-12-9(10)11/h8H,3-5H2,1-2H3,(H,10,11). The van der Waals surface area contributed by atoms with Gasteiger partial charge in [0.25, 0.3) is 0 Å². The number of unbranched alkanes of at least 4 members (excludes halogenated alkanes) is 1. The van der Waals surface area contributed by atoms with E-state index in [9.17, 15) is 4.79 Å². The predicted molar refractivity (Wildman–Crippen MR) is 45.6 cm³/mol. The van der Waals surface area contributed by atoms with E-state index in [-0.39, 0.29) is 5.92 Å². The lowest BCUT2D eigenvalue weighted by molar-refractivity contribution is 0.134. The summed E-state index contributed by atoms with van der Waals surface area (Å²) in [4.78, 5) is 9.87. The normalized spacial score (nSPS) is 11.2. The van der Waals surface area contributed by atoms with Gasteiger partial charge in [0.1, 0.15) is 6.11 Å². The van der Waals surface area contributed by atoms with Crippen molar-refractivity contribution in [1.82, 2.24) is 0 Å². The van der Waals surface area contributed by atoms with Crippen molar-refractivity contribution >= 4 is 6.16 Å². The fraction of sp³-hybridized carbons (Fsp3) is 0.667. The highest BCUT2D eigenvalue weighted by atomic mass is 16.7. The van der Waals surface area contributed by atoms with Gasteiger partial charge in [0, 0.05) is 5.92 Å². The van der Waals surface area contributed by atoms with E-state index in [2.05, 4.69) is 23.7 Å². The van der Waals surface area contributed by atoms with Crippen LogP contribution in [-0.4, -0.2) is 11.3 Å². The van der Waals surface area contributed by atoms with Crippen molar-refractivity contribution < 1.29 is 14.6 Å². The van der Waals surface area contributed by atoms with E-state index in [0.717, 1.165) is 19.3 Å². The minimum atomic E-state index is -1.34. The molecule has 0 radical (unpaired) electrons. The Kier molecular flexibility index (Phi) is 5.90. The Bertz CT molecular complexity index is 188. The van der Waals surface area contributed by atoms with Gasteiger partial charge in [-0.05, 0) is 6.42 Å². The van der Waals surface area contributed by atoms with Crippen molar-refractivity contribution in [2.45, 2.75) is 33.1 Å². The smallest absolute Gasteiger partial charge is 0.449 e. The molecule has 0 saturated heterocycles. The SMILES string of the molecule is CCCCC(C)C#COC(=O)O. The molecular formula is C9H14O3. The van der Waals surface area contributed by atoms with Crippen molar-refractivity contribution in [3.8, 4) is 12.0 Å². The maximum Gasteiger partial charge on any atom is 0.520 e.